The van der Waals surface area contributed by atoms with Crippen molar-refractivity contribution in [1.29, 1.82) is 0 Å². The number of benzene rings is 1. The summed E-state index contributed by atoms with van der Waals surface area (Å²) in [5.74, 6) is 0.996. The van der Waals surface area contributed by atoms with Crippen molar-refractivity contribution in [2.24, 2.45) is 0 Å². The third-order valence-corrected chi connectivity index (χ3v) is 3.08. The lowest BCUT2D eigenvalue weighted by molar-refractivity contribution is 0.414. The minimum Gasteiger partial charge on any atom is -0.495 e. The van der Waals surface area contributed by atoms with E-state index >= 15 is 0 Å². The molecule has 0 saturated carbocycles. The summed E-state index contributed by atoms with van der Waals surface area (Å²) >= 11 is 11.9. The molecule has 0 spiro atoms. The van der Waals surface area contributed by atoms with E-state index < -0.39 is 0 Å². The topological polar surface area (TPSA) is 9.23 Å². The van der Waals surface area contributed by atoms with Gasteiger partial charge in [-0.3, -0.25) is 0 Å². The standard InChI is InChI=1S/C11H14Cl2O/c1-7(8(2)12)9-4-5-10(13)11(6-9)14-3/h4-8H,1-3H3. The Morgan fingerprint density at radius 3 is 2.43 bits per heavy atom. The van der Waals surface area contributed by atoms with E-state index in [1.807, 2.05) is 25.1 Å². The molecule has 0 aliphatic carbocycles. The van der Waals surface area contributed by atoms with Gasteiger partial charge < -0.3 is 4.74 Å². The fourth-order valence-electron chi connectivity index (χ4n) is 1.22. The summed E-state index contributed by atoms with van der Waals surface area (Å²) in [7, 11) is 1.61. The quantitative estimate of drug-likeness (QED) is 0.714. The zero-order valence-corrected chi connectivity index (χ0v) is 10.1. The highest BCUT2D eigenvalue weighted by atomic mass is 35.5. The molecule has 0 saturated heterocycles. The molecule has 0 N–H and O–H groups in total. The van der Waals surface area contributed by atoms with Crippen molar-refractivity contribution in [3.63, 3.8) is 0 Å². The molecule has 0 bridgehead atoms. The predicted octanol–water partition coefficient (Wildman–Crippen LogP) is 4.08. The maximum atomic E-state index is 6.02. The van der Waals surface area contributed by atoms with E-state index in [0.29, 0.717) is 16.7 Å². The Morgan fingerprint density at radius 2 is 1.93 bits per heavy atom. The summed E-state index contributed by atoms with van der Waals surface area (Å²) in [6.07, 6.45) is 0. The van der Waals surface area contributed by atoms with Crippen LogP contribution in [0.4, 0.5) is 0 Å². The Kier molecular flexibility index (Phi) is 4.09. The maximum absolute atomic E-state index is 6.02. The molecule has 2 unspecified atom stereocenters. The molecule has 0 heterocycles. The third-order valence-electron chi connectivity index (χ3n) is 2.39. The summed E-state index contributed by atoms with van der Waals surface area (Å²) in [6, 6.07) is 5.76. The smallest absolute Gasteiger partial charge is 0.137 e. The number of ether oxygens (including phenoxy) is 1. The SMILES string of the molecule is COc1cc(C(C)C(C)Cl)ccc1Cl. The van der Waals surface area contributed by atoms with Crippen molar-refractivity contribution in [3.8, 4) is 5.75 Å². The molecule has 1 nitrogen and oxygen atoms in total. The van der Waals surface area contributed by atoms with Crippen molar-refractivity contribution < 1.29 is 4.74 Å². The van der Waals surface area contributed by atoms with Crippen LogP contribution in [0.15, 0.2) is 18.2 Å². The van der Waals surface area contributed by atoms with Gasteiger partial charge in [-0.25, -0.2) is 0 Å². The van der Waals surface area contributed by atoms with Gasteiger partial charge in [0.2, 0.25) is 0 Å². The van der Waals surface area contributed by atoms with E-state index in [1.54, 1.807) is 7.11 Å². The number of hydrogen-bond donors (Lipinski definition) is 0. The van der Waals surface area contributed by atoms with E-state index in [9.17, 15) is 0 Å². The highest BCUT2D eigenvalue weighted by Crippen LogP contribution is 2.30. The molecular formula is C11H14Cl2O. The Labute approximate surface area is 95.0 Å². The Balaban J connectivity index is 3.00. The molecule has 0 aliphatic heterocycles. The molecule has 3 heteroatoms. The van der Waals surface area contributed by atoms with Gasteiger partial charge in [0, 0.05) is 5.38 Å². The first-order chi connectivity index (χ1) is 6.56. The van der Waals surface area contributed by atoms with Crippen LogP contribution < -0.4 is 4.74 Å². The second kappa shape index (κ2) is 4.90. The van der Waals surface area contributed by atoms with Crippen molar-refractivity contribution >= 4 is 23.2 Å². The van der Waals surface area contributed by atoms with Crippen LogP contribution in [-0.4, -0.2) is 12.5 Å². The van der Waals surface area contributed by atoms with Crippen molar-refractivity contribution in [3.05, 3.63) is 28.8 Å². The molecule has 2 atom stereocenters. The van der Waals surface area contributed by atoms with E-state index in [-0.39, 0.29) is 5.38 Å². The van der Waals surface area contributed by atoms with Crippen LogP contribution in [0.5, 0.6) is 5.75 Å². The van der Waals surface area contributed by atoms with Crippen LogP contribution in [-0.2, 0) is 0 Å². The van der Waals surface area contributed by atoms with Crippen LogP contribution in [0.1, 0.15) is 25.3 Å². The van der Waals surface area contributed by atoms with Crippen molar-refractivity contribution in [2.45, 2.75) is 25.1 Å². The van der Waals surface area contributed by atoms with Gasteiger partial charge in [0.05, 0.1) is 12.1 Å². The van der Waals surface area contributed by atoms with Gasteiger partial charge in [0.1, 0.15) is 5.75 Å². The average molecular weight is 233 g/mol. The zero-order valence-electron chi connectivity index (χ0n) is 8.55. The molecule has 1 rings (SSSR count). The van der Waals surface area contributed by atoms with Crippen molar-refractivity contribution in [1.82, 2.24) is 0 Å². The molecule has 0 aliphatic rings. The van der Waals surface area contributed by atoms with Gasteiger partial charge in [-0.15, -0.1) is 11.6 Å². The molecule has 0 amide bonds. The summed E-state index contributed by atoms with van der Waals surface area (Å²) < 4.78 is 5.14. The molecule has 78 valence electrons. The van der Waals surface area contributed by atoms with Gasteiger partial charge in [-0.2, -0.15) is 0 Å². The van der Waals surface area contributed by atoms with E-state index in [4.69, 9.17) is 27.9 Å². The highest BCUT2D eigenvalue weighted by Gasteiger charge is 2.13. The summed E-state index contributed by atoms with van der Waals surface area (Å²) in [4.78, 5) is 0. The van der Waals surface area contributed by atoms with Crippen LogP contribution in [0.3, 0.4) is 0 Å². The first-order valence-electron chi connectivity index (χ1n) is 4.53. The minimum absolute atomic E-state index is 0.0980. The maximum Gasteiger partial charge on any atom is 0.137 e. The molecule has 14 heavy (non-hydrogen) atoms. The number of methoxy groups -OCH3 is 1. The summed E-state index contributed by atoms with van der Waals surface area (Å²) in [5, 5.41) is 0.728. The number of alkyl halides is 1. The lowest BCUT2D eigenvalue weighted by Gasteiger charge is -2.15. The Hall–Kier alpha value is -0.400. The number of halogens is 2. The van der Waals surface area contributed by atoms with Crippen LogP contribution in [0.2, 0.25) is 5.02 Å². The van der Waals surface area contributed by atoms with Gasteiger partial charge in [-0.05, 0) is 30.5 Å². The average Bonchev–Trinajstić information content (AvgIpc) is 2.17. The first kappa shape index (κ1) is 11.7. The lowest BCUT2D eigenvalue weighted by atomic mass is 9.98. The fraction of sp³-hybridized carbons (Fsp3) is 0.455. The van der Waals surface area contributed by atoms with Crippen LogP contribution >= 0.6 is 23.2 Å². The van der Waals surface area contributed by atoms with Gasteiger partial charge in [-0.1, -0.05) is 24.6 Å². The minimum atomic E-state index is 0.0980. The van der Waals surface area contributed by atoms with E-state index in [0.717, 1.165) is 5.56 Å². The van der Waals surface area contributed by atoms with Gasteiger partial charge in [0.25, 0.3) is 0 Å². The predicted molar refractivity (Wildman–Crippen MR) is 61.7 cm³/mol. The van der Waals surface area contributed by atoms with E-state index in [1.165, 1.54) is 0 Å². The monoisotopic (exact) mass is 232 g/mol. The summed E-state index contributed by atoms with van der Waals surface area (Å²) in [5.41, 5.74) is 1.15. The molecule has 0 aromatic heterocycles. The largest absolute Gasteiger partial charge is 0.495 e. The van der Waals surface area contributed by atoms with Crippen LogP contribution in [0.25, 0.3) is 0 Å². The molecule has 0 fully saturated rings. The first-order valence-corrected chi connectivity index (χ1v) is 5.35. The fourth-order valence-corrected chi connectivity index (χ4v) is 1.56. The Bertz CT molecular complexity index is 310. The molecule has 1 aromatic rings. The molecule has 0 radical (unpaired) electrons. The van der Waals surface area contributed by atoms with Crippen molar-refractivity contribution in [2.75, 3.05) is 7.11 Å². The zero-order chi connectivity index (χ0) is 10.7. The number of hydrogen-bond acceptors (Lipinski definition) is 1. The number of rotatable bonds is 3. The van der Waals surface area contributed by atoms with Gasteiger partial charge >= 0.3 is 0 Å². The lowest BCUT2D eigenvalue weighted by Crippen LogP contribution is -2.05. The third kappa shape index (κ3) is 2.55. The van der Waals surface area contributed by atoms with Gasteiger partial charge in [0.15, 0.2) is 0 Å². The highest BCUT2D eigenvalue weighted by molar-refractivity contribution is 6.32. The Morgan fingerprint density at radius 1 is 1.29 bits per heavy atom. The van der Waals surface area contributed by atoms with Crippen LogP contribution in [0, 0.1) is 0 Å². The molecular weight excluding hydrogens is 219 g/mol. The second-order valence-electron chi connectivity index (χ2n) is 3.36. The normalized spacial score (nSPS) is 14.9. The molecule has 1 aromatic carbocycles. The summed E-state index contributed by atoms with van der Waals surface area (Å²) in [6.45, 7) is 4.06. The second-order valence-corrected chi connectivity index (χ2v) is 4.46. The van der Waals surface area contributed by atoms with E-state index in [2.05, 4.69) is 6.92 Å².